The number of likely N-dealkylation sites (N-methyl/N-ethyl adjacent to an activating group) is 1. The van der Waals surface area contributed by atoms with E-state index in [0.29, 0.717) is 27.3 Å². The number of fused-ring (bicyclic) bond motifs is 1. The zero-order valence-corrected chi connectivity index (χ0v) is 17.7. The first kappa shape index (κ1) is 19.4. The molecule has 2 aromatic carbocycles. The summed E-state index contributed by atoms with van der Waals surface area (Å²) in [4.78, 5) is 23.2. The lowest BCUT2D eigenvalue weighted by molar-refractivity contribution is -0.122. The lowest BCUT2D eigenvalue weighted by atomic mass is 10.3. The number of hydrogen-bond acceptors (Lipinski definition) is 5. The number of aliphatic imine (C=N–C) groups is 1. The van der Waals surface area contributed by atoms with Crippen LogP contribution in [-0.2, 0) is 4.79 Å². The standard InChI is InChI=1S/C20H17ClFN3OS2/c1-3-24-15-11-12(21)5-10-16(15)27-19(24)17-18(26)25(4-2)20(28-17)23-14-8-6-13(22)7-9-14/h5-11H,3-4H2,1-2H3/b19-17-,23-20?. The molecule has 0 radical (unpaired) electrons. The normalized spacial score (nSPS) is 20.4. The van der Waals surface area contributed by atoms with Crippen molar-refractivity contribution in [3.8, 4) is 0 Å². The van der Waals surface area contributed by atoms with Gasteiger partial charge >= 0.3 is 0 Å². The third-order valence-electron chi connectivity index (χ3n) is 4.41. The molecule has 144 valence electrons. The number of halogens is 2. The molecular weight excluding hydrogens is 417 g/mol. The van der Waals surface area contributed by atoms with Crippen molar-refractivity contribution < 1.29 is 9.18 Å². The maximum atomic E-state index is 13.2. The first-order valence-corrected chi connectivity index (χ1v) is 10.9. The van der Waals surface area contributed by atoms with Crippen LogP contribution >= 0.6 is 35.1 Å². The molecule has 1 fully saturated rings. The third kappa shape index (κ3) is 3.43. The van der Waals surface area contributed by atoms with E-state index in [2.05, 4.69) is 9.89 Å². The third-order valence-corrected chi connectivity index (χ3v) is 7.02. The van der Waals surface area contributed by atoms with E-state index in [1.165, 1.54) is 23.9 Å². The van der Waals surface area contributed by atoms with Gasteiger partial charge in [0.15, 0.2) is 5.17 Å². The highest BCUT2D eigenvalue weighted by atomic mass is 35.5. The zero-order valence-electron chi connectivity index (χ0n) is 15.3. The van der Waals surface area contributed by atoms with Gasteiger partial charge in [0.2, 0.25) is 0 Å². The Labute approximate surface area is 176 Å². The molecule has 2 aliphatic heterocycles. The second-order valence-corrected chi connectivity index (χ2v) is 8.56. The van der Waals surface area contributed by atoms with E-state index >= 15 is 0 Å². The molecule has 4 rings (SSSR count). The van der Waals surface area contributed by atoms with Gasteiger partial charge in [0.25, 0.3) is 5.91 Å². The minimum atomic E-state index is -0.313. The number of amidine groups is 1. The summed E-state index contributed by atoms with van der Waals surface area (Å²) in [6, 6.07) is 11.7. The second-order valence-electron chi connectivity index (χ2n) is 6.11. The lowest BCUT2D eigenvalue weighted by Gasteiger charge is -2.19. The monoisotopic (exact) mass is 433 g/mol. The number of thioether (sulfide) groups is 2. The predicted octanol–water partition coefficient (Wildman–Crippen LogP) is 5.86. The summed E-state index contributed by atoms with van der Waals surface area (Å²) in [7, 11) is 0. The fourth-order valence-corrected chi connectivity index (χ4v) is 5.66. The average Bonchev–Trinajstić information content (AvgIpc) is 3.19. The fourth-order valence-electron chi connectivity index (χ4n) is 3.06. The molecule has 28 heavy (non-hydrogen) atoms. The molecule has 8 heteroatoms. The van der Waals surface area contributed by atoms with Crippen molar-refractivity contribution in [2.75, 3.05) is 18.0 Å². The topological polar surface area (TPSA) is 35.9 Å². The van der Waals surface area contributed by atoms with Crippen LogP contribution in [0.15, 0.2) is 62.3 Å². The molecule has 2 aromatic rings. The second kappa shape index (κ2) is 7.81. The van der Waals surface area contributed by atoms with Crippen molar-refractivity contribution in [2.45, 2.75) is 18.7 Å². The first-order chi connectivity index (χ1) is 13.5. The van der Waals surface area contributed by atoms with Crippen LogP contribution in [0.4, 0.5) is 15.8 Å². The molecule has 2 aliphatic rings. The molecule has 4 nitrogen and oxygen atoms in total. The number of anilines is 1. The summed E-state index contributed by atoms with van der Waals surface area (Å²) >= 11 is 9.11. The highest BCUT2D eigenvalue weighted by Crippen LogP contribution is 2.51. The Balaban J connectivity index is 1.74. The van der Waals surface area contributed by atoms with E-state index in [-0.39, 0.29) is 11.7 Å². The summed E-state index contributed by atoms with van der Waals surface area (Å²) in [6.45, 7) is 5.20. The SMILES string of the molecule is CCN1C(=O)/C(=C2/Sc3ccc(Cl)cc3N2CC)SC1=Nc1ccc(F)cc1. The Hall–Kier alpha value is -1.96. The van der Waals surface area contributed by atoms with Crippen LogP contribution in [0.1, 0.15) is 13.8 Å². The van der Waals surface area contributed by atoms with Crippen molar-refractivity contribution in [1.29, 1.82) is 0 Å². The van der Waals surface area contributed by atoms with Gasteiger partial charge in [0, 0.05) is 23.0 Å². The number of rotatable bonds is 3. The number of carbonyl (C=O) groups excluding carboxylic acids is 1. The number of benzene rings is 2. The largest absolute Gasteiger partial charge is 0.334 e. The molecule has 0 aliphatic carbocycles. The fraction of sp³-hybridized carbons (Fsp3) is 0.200. The first-order valence-electron chi connectivity index (χ1n) is 8.85. The smallest absolute Gasteiger partial charge is 0.269 e. The van der Waals surface area contributed by atoms with E-state index in [1.54, 1.807) is 28.8 Å². The van der Waals surface area contributed by atoms with Gasteiger partial charge in [-0.1, -0.05) is 23.4 Å². The molecule has 2 heterocycles. The number of nitrogens with zero attached hydrogens (tertiary/aromatic N) is 3. The van der Waals surface area contributed by atoms with Crippen molar-refractivity contribution in [1.82, 2.24) is 4.90 Å². The Morgan fingerprint density at radius 3 is 2.43 bits per heavy atom. The lowest BCUT2D eigenvalue weighted by Crippen LogP contribution is -2.29. The number of carbonyl (C=O) groups is 1. The molecule has 0 N–H and O–H groups in total. The van der Waals surface area contributed by atoms with Crippen LogP contribution in [-0.4, -0.2) is 29.1 Å². The van der Waals surface area contributed by atoms with Crippen LogP contribution in [0.5, 0.6) is 0 Å². The maximum absolute atomic E-state index is 13.2. The van der Waals surface area contributed by atoms with Gasteiger partial charge in [0.05, 0.1) is 11.4 Å². The molecule has 0 atom stereocenters. The summed E-state index contributed by atoms with van der Waals surface area (Å²) in [5, 5.41) is 2.17. The van der Waals surface area contributed by atoms with Gasteiger partial charge in [-0.15, -0.1) is 0 Å². The Kier molecular flexibility index (Phi) is 5.40. The molecule has 0 saturated carbocycles. The van der Waals surface area contributed by atoms with Crippen LogP contribution < -0.4 is 4.90 Å². The van der Waals surface area contributed by atoms with E-state index in [9.17, 15) is 9.18 Å². The predicted molar refractivity (Wildman–Crippen MR) is 116 cm³/mol. The van der Waals surface area contributed by atoms with E-state index in [0.717, 1.165) is 22.2 Å². The highest BCUT2D eigenvalue weighted by Gasteiger charge is 2.39. The molecule has 0 spiro atoms. The number of hydrogen-bond donors (Lipinski definition) is 0. The Morgan fingerprint density at radius 1 is 1.04 bits per heavy atom. The van der Waals surface area contributed by atoms with Crippen molar-refractivity contribution in [3.05, 3.63) is 63.2 Å². The van der Waals surface area contributed by atoms with Crippen LogP contribution in [0.3, 0.4) is 0 Å². The van der Waals surface area contributed by atoms with Gasteiger partial charge in [-0.3, -0.25) is 9.69 Å². The highest BCUT2D eigenvalue weighted by molar-refractivity contribution is 8.19. The molecule has 0 aromatic heterocycles. The Morgan fingerprint density at radius 2 is 1.75 bits per heavy atom. The average molecular weight is 434 g/mol. The minimum Gasteiger partial charge on any atom is -0.334 e. The minimum absolute atomic E-state index is 0.0618. The van der Waals surface area contributed by atoms with Gasteiger partial charge in [0.1, 0.15) is 15.8 Å². The molecule has 1 saturated heterocycles. The van der Waals surface area contributed by atoms with Crippen LogP contribution in [0, 0.1) is 5.82 Å². The van der Waals surface area contributed by atoms with E-state index in [4.69, 9.17) is 11.6 Å². The van der Waals surface area contributed by atoms with Crippen molar-refractivity contribution in [3.63, 3.8) is 0 Å². The van der Waals surface area contributed by atoms with Crippen molar-refractivity contribution >= 4 is 57.6 Å². The molecular formula is C20H17ClFN3OS2. The zero-order chi connectivity index (χ0) is 19.8. The Bertz CT molecular complexity index is 1010. The number of amides is 1. The summed E-state index contributed by atoms with van der Waals surface area (Å²) < 4.78 is 13.2. The van der Waals surface area contributed by atoms with Crippen LogP contribution in [0.2, 0.25) is 5.02 Å². The molecule has 1 amide bonds. The van der Waals surface area contributed by atoms with Gasteiger partial charge in [-0.2, -0.15) is 0 Å². The molecule has 0 unspecified atom stereocenters. The summed E-state index contributed by atoms with van der Waals surface area (Å²) in [5.74, 6) is -0.375. The summed E-state index contributed by atoms with van der Waals surface area (Å²) in [6.07, 6.45) is 0. The van der Waals surface area contributed by atoms with E-state index in [1.807, 2.05) is 32.0 Å². The van der Waals surface area contributed by atoms with Gasteiger partial charge < -0.3 is 4.90 Å². The molecule has 0 bridgehead atoms. The maximum Gasteiger partial charge on any atom is 0.269 e. The van der Waals surface area contributed by atoms with Crippen molar-refractivity contribution in [2.24, 2.45) is 4.99 Å². The quantitative estimate of drug-likeness (QED) is 0.567. The van der Waals surface area contributed by atoms with Gasteiger partial charge in [-0.05, 0) is 68.1 Å². The summed E-state index contributed by atoms with van der Waals surface area (Å²) in [5.41, 5.74) is 1.63. The van der Waals surface area contributed by atoms with Crippen LogP contribution in [0.25, 0.3) is 0 Å². The van der Waals surface area contributed by atoms with Gasteiger partial charge in [-0.25, -0.2) is 9.38 Å². The van der Waals surface area contributed by atoms with E-state index < -0.39 is 0 Å².